The highest BCUT2D eigenvalue weighted by molar-refractivity contribution is 7.10. The molecule has 1 saturated carbocycles. The van der Waals surface area contributed by atoms with Gasteiger partial charge in [0.1, 0.15) is 6.04 Å². The molecule has 2 aromatic rings. The van der Waals surface area contributed by atoms with Gasteiger partial charge >= 0.3 is 5.97 Å². The van der Waals surface area contributed by atoms with E-state index < -0.39 is 12.0 Å². The molecule has 2 unspecified atom stereocenters. The molecule has 0 saturated heterocycles. The fourth-order valence-electron chi connectivity index (χ4n) is 3.96. The van der Waals surface area contributed by atoms with Gasteiger partial charge in [-0.1, -0.05) is 30.3 Å². The summed E-state index contributed by atoms with van der Waals surface area (Å²) in [5.74, 6) is -0.853. The molecule has 1 amide bonds. The molecule has 0 spiro atoms. The topological polar surface area (TPSA) is 60.9 Å². The maximum absolute atomic E-state index is 13.3. The normalized spacial score (nSPS) is 20.4. The van der Waals surface area contributed by atoms with Crippen molar-refractivity contribution in [2.45, 2.75) is 44.3 Å². The standard InChI is InChI=1S/C21H24N2O3S/c1-14(21(25)26)23(16-7-8-16)13-19(24)22-11-9-18-17(10-12-27-18)20(22)15-5-3-2-4-6-15/h2-6,10,12,14,16,20H,7-9,11,13H2,1H3,(H,25,26). The number of carboxylic acid groups (broad SMARTS) is 1. The number of aliphatic carboxylic acids is 1. The fraction of sp³-hybridized carbons (Fsp3) is 0.429. The maximum atomic E-state index is 13.3. The van der Waals surface area contributed by atoms with Crippen LogP contribution in [0.5, 0.6) is 0 Å². The quantitative estimate of drug-likeness (QED) is 0.831. The van der Waals surface area contributed by atoms with Crippen LogP contribution in [0.25, 0.3) is 0 Å². The first-order chi connectivity index (χ1) is 13.1. The van der Waals surface area contributed by atoms with Crippen molar-refractivity contribution < 1.29 is 14.7 Å². The highest BCUT2D eigenvalue weighted by Gasteiger charge is 2.39. The van der Waals surface area contributed by atoms with E-state index in [0.717, 1.165) is 24.8 Å². The van der Waals surface area contributed by atoms with E-state index in [1.165, 1.54) is 10.4 Å². The van der Waals surface area contributed by atoms with Crippen LogP contribution in [0.4, 0.5) is 0 Å². The molecular formula is C21H24N2O3S. The summed E-state index contributed by atoms with van der Waals surface area (Å²) >= 11 is 1.75. The first kappa shape index (κ1) is 18.2. The first-order valence-electron chi connectivity index (χ1n) is 9.45. The van der Waals surface area contributed by atoms with Crippen LogP contribution in [0.1, 0.15) is 41.8 Å². The van der Waals surface area contributed by atoms with Crippen LogP contribution in [0.2, 0.25) is 0 Å². The smallest absolute Gasteiger partial charge is 0.320 e. The zero-order valence-corrected chi connectivity index (χ0v) is 16.2. The first-order valence-corrected chi connectivity index (χ1v) is 10.3. The van der Waals surface area contributed by atoms with E-state index in [4.69, 9.17) is 0 Å². The van der Waals surface area contributed by atoms with Gasteiger partial charge in [-0.05, 0) is 48.8 Å². The number of hydrogen-bond acceptors (Lipinski definition) is 4. The Labute approximate surface area is 163 Å². The number of benzene rings is 1. The molecule has 1 fully saturated rings. The average molecular weight is 385 g/mol. The van der Waals surface area contributed by atoms with Gasteiger partial charge in [-0.15, -0.1) is 11.3 Å². The van der Waals surface area contributed by atoms with Gasteiger partial charge in [0, 0.05) is 17.5 Å². The van der Waals surface area contributed by atoms with Crippen LogP contribution in [-0.2, 0) is 16.0 Å². The molecule has 0 bridgehead atoms. The van der Waals surface area contributed by atoms with Crippen molar-refractivity contribution in [2.75, 3.05) is 13.1 Å². The van der Waals surface area contributed by atoms with Crippen LogP contribution in [0, 0.1) is 0 Å². The van der Waals surface area contributed by atoms with Gasteiger partial charge in [0.25, 0.3) is 0 Å². The van der Waals surface area contributed by atoms with Crippen LogP contribution >= 0.6 is 11.3 Å². The van der Waals surface area contributed by atoms with Crippen molar-refractivity contribution in [3.8, 4) is 0 Å². The number of amides is 1. The summed E-state index contributed by atoms with van der Waals surface area (Å²) in [6.45, 7) is 2.52. The second-order valence-electron chi connectivity index (χ2n) is 7.37. The van der Waals surface area contributed by atoms with Crippen LogP contribution in [0.3, 0.4) is 0 Å². The van der Waals surface area contributed by atoms with Gasteiger partial charge in [-0.2, -0.15) is 0 Å². The van der Waals surface area contributed by atoms with E-state index in [0.29, 0.717) is 6.54 Å². The predicted octanol–water partition coefficient (Wildman–Crippen LogP) is 3.16. The third kappa shape index (κ3) is 3.64. The summed E-state index contributed by atoms with van der Waals surface area (Å²) in [5.41, 5.74) is 2.31. The van der Waals surface area contributed by atoms with E-state index in [-0.39, 0.29) is 24.5 Å². The van der Waals surface area contributed by atoms with E-state index >= 15 is 0 Å². The van der Waals surface area contributed by atoms with E-state index in [2.05, 4.69) is 23.6 Å². The summed E-state index contributed by atoms with van der Waals surface area (Å²) in [6, 6.07) is 11.7. The van der Waals surface area contributed by atoms with Crippen molar-refractivity contribution in [1.29, 1.82) is 0 Å². The molecule has 5 nitrogen and oxygen atoms in total. The Hall–Kier alpha value is -2.18. The number of carboxylic acids is 1. The molecule has 1 aromatic heterocycles. The number of hydrogen-bond donors (Lipinski definition) is 1. The van der Waals surface area contributed by atoms with Crippen molar-refractivity contribution in [2.24, 2.45) is 0 Å². The lowest BCUT2D eigenvalue weighted by Gasteiger charge is -2.38. The number of carbonyl (C=O) groups is 2. The Morgan fingerprint density at radius 1 is 1.26 bits per heavy atom. The third-order valence-electron chi connectivity index (χ3n) is 5.59. The lowest BCUT2D eigenvalue weighted by molar-refractivity contribution is -0.145. The fourth-order valence-corrected chi connectivity index (χ4v) is 4.86. The zero-order chi connectivity index (χ0) is 19.0. The summed E-state index contributed by atoms with van der Waals surface area (Å²) in [4.78, 5) is 29.9. The maximum Gasteiger partial charge on any atom is 0.320 e. The molecule has 0 radical (unpaired) electrons. The molecule has 2 aliphatic rings. The molecule has 27 heavy (non-hydrogen) atoms. The Morgan fingerprint density at radius 2 is 2.00 bits per heavy atom. The molecule has 1 N–H and O–H groups in total. The second kappa shape index (κ2) is 7.44. The average Bonchev–Trinajstić information content (AvgIpc) is 3.41. The molecule has 2 heterocycles. The Bertz CT molecular complexity index is 831. The van der Waals surface area contributed by atoms with Gasteiger partial charge in [0.2, 0.25) is 5.91 Å². The predicted molar refractivity (Wildman–Crippen MR) is 105 cm³/mol. The minimum Gasteiger partial charge on any atom is -0.480 e. The lowest BCUT2D eigenvalue weighted by atomic mass is 9.93. The Morgan fingerprint density at radius 3 is 2.67 bits per heavy atom. The highest BCUT2D eigenvalue weighted by atomic mass is 32.1. The van der Waals surface area contributed by atoms with E-state index in [9.17, 15) is 14.7 Å². The number of rotatable bonds is 6. The third-order valence-corrected chi connectivity index (χ3v) is 6.59. The van der Waals surface area contributed by atoms with Crippen molar-refractivity contribution in [3.05, 3.63) is 57.8 Å². The van der Waals surface area contributed by atoms with Crippen molar-refractivity contribution in [1.82, 2.24) is 9.80 Å². The van der Waals surface area contributed by atoms with Crippen LogP contribution in [0.15, 0.2) is 41.8 Å². The van der Waals surface area contributed by atoms with Crippen LogP contribution < -0.4 is 0 Å². The molecular weight excluding hydrogens is 360 g/mol. The molecule has 6 heteroatoms. The highest BCUT2D eigenvalue weighted by Crippen LogP contribution is 2.38. The molecule has 1 aliphatic carbocycles. The monoisotopic (exact) mass is 384 g/mol. The summed E-state index contributed by atoms with van der Waals surface area (Å²) in [7, 11) is 0. The van der Waals surface area contributed by atoms with Crippen LogP contribution in [-0.4, -0.2) is 52.0 Å². The van der Waals surface area contributed by atoms with Gasteiger partial charge in [0.15, 0.2) is 0 Å². The van der Waals surface area contributed by atoms with Crippen molar-refractivity contribution in [3.63, 3.8) is 0 Å². The minimum absolute atomic E-state index is 0.0145. The summed E-state index contributed by atoms with van der Waals surface area (Å²) in [5, 5.41) is 11.5. The summed E-state index contributed by atoms with van der Waals surface area (Å²) < 4.78 is 0. The van der Waals surface area contributed by atoms with E-state index in [1.54, 1.807) is 18.3 Å². The largest absolute Gasteiger partial charge is 0.480 e. The Kier molecular flexibility index (Phi) is 5.02. The number of fused-ring (bicyclic) bond motifs is 1. The van der Waals surface area contributed by atoms with Gasteiger partial charge in [-0.25, -0.2) is 0 Å². The second-order valence-corrected chi connectivity index (χ2v) is 8.37. The van der Waals surface area contributed by atoms with Gasteiger partial charge in [0.05, 0.1) is 12.6 Å². The minimum atomic E-state index is -0.868. The number of thiophene rings is 1. The molecule has 142 valence electrons. The molecule has 1 aromatic carbocycles. The summed E-state index contributed by atoms with van der Waals surface area (Å²) in [6.07, 6.45) is 2.81. The number of carbonyl (C=O) groups excluding carboxylic acids is 1. The molecule has 1 aliphatic heterocycles. The Balaban J connectivity index is 1.61. The lowest BCUT2D eigenvalue weighted by Crippen LogP contribution is -2.49. The van der Waals surface area contributed by atoms with E-state index in [1.807, 2.05) is 28.0 Å². The number of nitrogens with zero attached hydrogens (tertiary/aromatic N) is 2. The molecule has 2 atom stereocenters. The van der Waals surface area contributed by atoms with Crippen molar-refractivity contribution >= 4 is 23.2 Å². The van der Waals surface area contributed by atoms with Gasteiger partial charge in [-0.3, -0.25) is 14.5 Å². The van der Waals surface area contributed by atoms with Gasteiger partial charge < -0.3 is 10.0 Å². The zero-order valence-electron chi connectivity index (χ0n) is 15.4. The molecule has 4 rings (SSSR count). The SMILES string of the molecule is CC(C(=O)O)N(CC(=O)N1CCc2sccc2C1c1ccccc1)C1CC1.